The Hall–Kier alpha value is -2.07. The molecular weight excluding hydrogens is 315 g/mol. The van der Waals surface area contributed by atoms with E-state index >= 15 is 0 Å². The molecule has 0 saturated carbocycles. The minimum absolute atomic E-state index is 0.166. The highest BCUT2D eigenvalue weighted by Gasteiger charge is 2.26. The summed E-state index contributed by atoms with van der Waals surface area (Å²) in [4.78, 5) is 0. The molecule has 0 bridgehead atoms. The van der Waals surface area contributed by atoms with Crippen molar-refractivity contribution in [2.75, 3.05) is 13.1 Å². The Bertz CT molecular complexity index is 706. The van der Waals surface area contributed by atoms with Crippen LogP contribution in [0, 0.1) is 5.82 Å². The number of rotatable bonds is 3. The van der Waals surface area contributed by atoms with Crippen LogP contribution < -0.4 is 5.73 Å². The third-order valence-corrected chi connectivity index (χ3v) is 3.86. The van der Waals surface area contributed by atoms with E-state index in [9.17, 15) is 9.50 Å². The molecule has 0 amide bonds. The predicted molar refractivity (Wildman–Crippen MR) is 92.6 cm³/mol. The van der Waals surface area contributed by atoms with Gasteiger partial charge >= 0.3 is 0 Å². The first-order valence-electron chi connectivity index (χ1n) is 7.46. The lowest BCUT2D eigenvalue weighted by Gasteiger charge is -2.13. The summed E-state index contributed by atoms with van der Waals surface area (Å²) in [5.41, 5.74) is 8.11. The minimum Gasteiger partial charge on any atom is -0.507 e. The Balaban J connectivity index is 2.69. The largest absolute Gasteiger partial charge is 0.507 e. The number of halogens is 2. The Morgan fingerprint density at radius 1 is 1.48 bits per heavy atom. The minimum atomic E-state index is -0.541. The number of phenols is 1. The molecule has 3 N–H and O–H groups in total. The number of aromatic hydroxyl groups is 1. The van der Waals surface area contributed by atoms with Crippen LogP contribution in [-0.2, 0) is 0 Å². The van der Waals surface area contributed by atoms with Gasteiger partial charge in [0.15, 0.2) is 6.54 Å². The van der Waals surface area contributed by atoms with Crippen LogP contribution in [-0.4, -0.2) is 28.5 Å². The summed E-state index contributed by atoms with van der Waals surface area (Å²) in [7, 11) is 0. The summed E-state index contributed by atoms with van der Waals surface area (Å²) >= 11 is 5.82. The number of nitrogens with zero attached hydrogens (tertiary/aromatic N) is 1. The van der Waals surface area contributed by atoms with E-state index in [-0.39, 0.29) is 16.3 Å². The van der Waals surface area contributed by atoms with Crippen LogP contribution in [0.1, 0.15) is 25.8 Å². The molecule has 0 spiro atoms. The lowest BCUT2D eigenvalue weighted by molar-refractivity contribution is -0.516. The molecule has 0 atom stereocenters. The number of phenolic OH excluding ortho intramolecular Hbond substituents is 1. The van der Waals surface area contributed by atoms with Gasteiger partial charge in [0.1, 0.15) is 23.7 Å². The summed E-state index contributed by atoms with van der Waals surface area (Å²) < 4.78 is 16.5. The van der Waals surface area contributed by atoms with Crippen molar-refractivity contribution in [1.29, 1.82) is 0 Å². The van der Waals surface area contributed by atoms with Crippen LogP contribution >= 0.6 is 11.6 Å². The van der Waals surface area contributed by atoms with Gasteiger partial charge in [-0.3, -0.25) is 0 Å². The number of nitrogens with two attached hydrogens (primary N) is 1. The van der Waals surface area contributed by atoms with E-state index in [0.717, 1.165) is 12.0 Å². The third kappa shape index (κ3) is 4.23. The Labute approximate surface area is 140 Å². The second-order valence-electron chi connectivity index (χ2n) is 5.59. The SMILES string of the molecule is C/C(N)=C\C[N+]1=C(c2c(O)cc(Cl)cc2F)/C(C)=C/C=C\CC1. The van der Waals surface area contributed by atoms with Crippen LogP contribution in [0.4, 0.5) is 4.39 Å². The summed E-state index contributed by atoms with van der Waals surface area (Å²) in [6, 6.07) is 2.57. The van der Waals surface area contributed by atoms with Crippen molar-refractivity contribution in [1.82, 2.24) is 0 Å². The lowest BCUT2D eigenvalue weighted by atomic mass is 9.99. The summed E-state index contributed by atoms with van der Waals surface area (Å²) in [6.45, 7) is 4.94. The predicted octanol–water partition coefficient (Wildman–Crippen LogP) is 3.76. The molecule has 0 aromatic heterocycles. The Kier molecular flexibility index (Phi) is 5.61. The molecule has 23 heavy (non-hydrogen) atoms. The van der Waals surface area contributed by atoms with Crippen LogP contribution in [0.3, 0.4) is 0 Å². The van der Waals surface area contributed by atoms with Crippen LogP contribution in [0.5, 0.6) is 5.75 Å². The first kappa shape index (κ1) is 17.3. The fourth-order valence-electron chi connectivity index (χ4n) is 2.57. The normalized spacial score (nSPS) is 19.8. The molecule has 5 heteroatoms. The van der Waals surface area contributed by atoms with E-state index in [1.54, 1.807) is 0 Å². The lowest BCUT2D eigenvalue weighted by Crippen LogP contribution is -2.26. The molecule has 0 unspecified atom stereocenters. The van der Waals surface area contributed by atoms with Crippen molar-refractivity contribution >= 4 is 17.3 Å². The first-order valence-corrected chi connectivity index (χ1v) is 7.84. The van der Waals surface area contributed by atoms with Crippen molar-refractivity contribution in [3.8, 4) is 5.75 Å². The van der Waals surface area contributed by atoms with Crippen LogP contribution in [0.25, 0.3) is 0 Å². The van der Waals surface area contributed by atoms with E-state index in [1.165, 1.54) is 12.1 Å². The fraction of sp³-hybridized carbons (Fsp3) is 0.278. The van der Waals surface area contributed by atoms with Crippen molar-refractivity contribution in [3.63, 3.8) is 0 Å². The van der Waals surface area contributed by atoms with Gasteiger partial charge in [-0.25, -0.2) is 8.97 Å². The van der Waals surface area contributed by atoms with Gasteiger partial charge in [0.05, 0.1) is 0 Å². The molecule has 2 rings (SSSR count). The maximum atomic E-state index is 14.5. The number of hydrogen-bond acceptors (Lipinski definition) is 2. The molecule has 0 aliphatic carbocycles. The summed E-state index contributed by atoms with van der Waals surface area (Å²) in [6.07, 6.45) is 8.62. The van der Waals surface area contributed by atoms with Gasteiger partial charge in [-0.15, -0.1) is 0 Å². The highest BCUT2D eigenvalue weighted by molar-refractivity contribution is 6.31. The Morgan fingerprint density at radius 2 is 2.22 bits per heavy atom. The first-order chi connectivity index (χ1) is 10.9. The van der Waals surface area contributed by atoms with Crippen molar-refractivity contribution in [2.45, 2.75) is 20.3 Å². The van der Waals surface area contributed by atoms with Gasteiger partial charge in [0, 0.05) is 22.7 Å². The number of benzene rings is 1. The quantitative estimate of drug-likeness (QED) is 0.826. The molecule has 0 fully saturated rings. The summed E-state index contributed by atoms with van der Waals surface area (Å²) in [5, 5.41) is 10.4. The molecular formula is C18H21ClFN2O+. The summed E-state index contributed by atoms with van der Waals surface area (Å²) in [5.74, 6) is -0.707. The fourth-order valence-corrected chi connectivity index (χ4v) is 2.76. The van der Waals surface area contributed by atoms with Gasteiger partial charge in [-0.05, 0) is 32.1 Å². The highest BCUT2D eigenvalue weighted by Crippen LogP contribution is 2.28. The monoisotopic (exact) mass is 335 g/mol. The van der Waals surface area contributed by atoms with Crippen molar-refractivity contribution in [2.24, 2.45) is 5.73 Å². The van der Waals surface area contributed by atoms with Crippen molar-refractivity contribution in [3.05, 3.63) is 64.1 Å². The average molecular weight is 336 g/mol. The number of allylic oxidation sites excluding steroid dienone is 4. The molecule has 0 radical (unpaired) electrons. The van der Waals surface area contributed by atoms with Crippen molar-refractivity contribution < 1.29 is 14.1 Å². The zero-order valence-corrected chi connectivity index (χ0v) is 14.1. The smallest absolute Gasteiger partial charge is 0.217 e. The Morgan fingerprint density at radius 3 is 2.87 bits per heavy atom. The van der Waals surface area contributed by atoms with Gasteiger partial charge in [0.2, 0.25) is 5.71 Å². The van der Waals surface area contributed by atoms with E-state index in [4.69, 9.17) is 17.3 Å². The van der Waals surface area contributed by atoms with Gasteiger partial charge in [-0.1, -0.05) is 29.8 Å². The number of hydrogen-bond donors (Lipinski definition) is 2. The van der Waals surface area contributed by atoms with E-state index in [0.29, 0.717) is 24.5 Å². The third-order valence-electron chi connectivity index (χ3n) is 3.64. The molecule has 1 aromatic rings. The van der Waals surface area contributed by atoms with Crippen LogP contribution in [0.2, 0.25) is 5.02 Å². The molecule has 0 saturated heterocycles. The van der Waals surface area contributed by atoms with Gasteiger partial charge < -0.3 is 10.8 Å². The topological polar surface area (TPSA) is 49.3 Å². The zero-order chi connectivity index (χ0) is 17.0. The highest BCUT2D eigenvalue weighted by atomic mass is 35.5. The maximum Gasteiger partial charge on any atom is 0.217 e. The average Bonchev–Trinajstić information content (AvgIpc) is 2.43. The molecule has 122 valence electrons. The van der Waals surface area contributed by atoms with Gasteiger partial charge in [-0.2, -0.15) is 0 Å². The maximum absolute atomic E-state index is 14.5. The zero-order valence-electron chi connectivity index (χ0n) is 13.3. The second kappa shape index (κ2) is 7.47. The van der Waals surface area contributed by atoms with E-state index in [1.807, 2.05) is 36.7 Å². The molecule has 3 nitrogen and oxygen atoms in total. The molecule has 1 aromatic carbocycles. The molecule has 1 heterocycles. The second-order valence-corrected chi connectivity index (χ2v) is 6.03. The van der Waals surface area contributed by atoms with E-state index < -0.39 is 5.82 Å². The van der Waals surface area contributed by atoms with Crippen LogP contribution in [0.15, 0.2) is 47.7 Å². The van der Waals surface area contributed by atoms with Gasteiger partial charge in [0.25, 0.3) is 0 Å². The van der Waals surface area contributed by atoms with E-state index in [2.05, 4.69) is 6.08 Å². The molecule has 1 aliphatic heterocycles. The standard InChI is InChI=1S/C18H20ClFN2O/c1-12-6-4-3-5-8-22(9-7-13(2)21)18(12)17-15(20)10-14(19)11-16(17)23/h3-4,6-7,10-11H,5,8-9,21H2,1-2H3/p+1/b4-3-,12-6+,13-7+. The molecule has 1 aliphatic rings.